The van der Waals surface area contributed by atoms with Gasteiger partial charge in [-0.2, -0.15) is 0 Å². The minimum Gasteiger partial charge on any atom is -0.481 e. The van der Waals surface area contributed by atoms with Crippen LogP contribution in [0.15, 0.2) is 0 Å². The highest BCUT2D eigenvalue weighted by molar-refractivity contribution is 5.70. The van der Waals surface area contributed by atoms with E-state index in [0.29, 0.717) is 0 Å². The summed E-state index contributed by atoms with van der Waals surface area (Å²) in [5, 5.41) is 8.50. The summed E-state index contributed by atoms with van der Waals surface area (Å²) in [6.45, 7) is 7.79. The summed E-state index contributed by atoms with van der Waals surface area (Å²) in [7, 11) is 1.95. The average Bonchev–Trinajstić information content (AvgIpc) is 2.87. The van der Waals surface area contributed by atoms with Gasteiger partial charge in [-0.1, -0.05) is 26.7 Å². The van der Waals surface area contributed by atoms with E-state index in [4.69, 9.17) is 5.11 Å². The van der Waals surface area contributed by atoms with Crippen LogP contribution in [-0.4, -0.2) is 60.5 Å². The summed E-state index contributed by atoms with van der Waals surface area (Å²) in [6, 6.07) is 0. The lowest BCUT2D eigenvalue weighted by molar-refractivity contribution is -0.141. The standard InChI is InChI=1S/C9H19NO.C6H11NO2/c1-3-5-7-10(9-11)8-6-4-2;1-7-3-2-5(4-7)6(8)9/h9H,3-8H2,1-2H3;5H,2-4H2,1H3,(H,8,9). The number of nitrogens with zero attached hydrogens (tertiary/aromatic N) is 2. The third-order valence-electron chi connectivity index (χ3n) is 3.49. The molecule has 1 aliphatic heterocycles. The minimum absolute atomic E-state index is 0.116. The summed E-state index contributed by atoms with van der Waals surface area (Å²) in [5.41, 5.74) is 0. The van der Waals surface area contributed by atoms with Crippen LogP contribution in [-0.2, 0) is 9.59 Å². The third-order valence-corrected chi connectivity index (χ3v) is 3.49. The van der Waals surface area contributed by atoms with Gasteiger partial charge in [0, 0.05) is 19.6 Å². The maximum atomic E-state index is 10.4. The first-order chi connectivity index (χ1) is 9.54. The van der Waals surface area contributed by atoms with Crippen molar-refractivity contribution in [2.75, 3.05) is 33.2 Å². The van der Waals surface area contributed by atoms with E-state index < -0.39 is 5.97 Å². The maximum absolute atomic E-state index is 10.4. The molecule has 0 aliphatic carbocycles. The Labute approximate surface area is 122 Å². The molecule has 0 aromatic rings. The van der Waals surface area contributed by atoms with E-state index in [-0.39, 0.29) is 5.92 Å². The molecule has 1 rings (SSSR count). The van der Waals surface area contributed by atoms with E-state index in [1.807, 2.05) is 16.8 Å². The SMILES string of the molecule is CCCCN(C=O)CCCC.CN1CCC(C(=O)O)C1. The number of hydrogen-bond acceptors (Lipinski definition) is 3. The quantitative estimate of drug-likeness (QED) is 0.694. The number of unbranched alkanes of at least 4 members (excludes halogenated alkanes) is 2. The number of hydrogen-bond donors (Lipinski definition) is 1. The van der Waals surface area contributed by atoms with Gasteiger partial charge in [0.05, 0.1) is 5.92 Å². The molecule has 0 saturated carbocycles. The van der Waals surface area contributed by atoms with Crippen LogP contribution in [0.1, 0.15) is 46.0 Å². The van der Waals surface area contributed by atoms with Gasteiger partial charge in [-0.3, -0.25) is 9.59 Å². The summed E-state index contributed by atoms with van der Waals surface area (Å²) < 4.78 is 0. The van der Waals surface area contributed by atoms with E-state index in [1.165, 1.54) is 0 Å². The Morgan fingerprint density at radius 3 is 2.10 bits per heavy atom. The lowest BCUT2D eigenvalue weighted by Gasteiger charge is -2.15. The van der Waals surface area contributed by atoms with Gasteiger partial charge in [0.15, 0.2) is 0 Å². The molecule has 1 amide bonds. The molecule has 5 nitrogen and oxygen atoms in total. The summed E-state index contributed by atoms with van der Waals surface area (Å²) >= 11 is 0. The van der Waals surface area contributed by atoms with Crippen LogP contribution in [0.5, 0.6) is 0 Å². The predicted molar refractivity (Wildman–Crippen MR) is 80.7 cm³/mol. The molecule has 1 atom stereocenters. The molecule has 118 valence electrons. The van der Waals surface area contributed by atoms with E-state index >= 15 is 0 Å². The van der Waals surface area contributed by atoms with E-state index in [9.17, 15) is 9.59 Å². The number of carboxylic acid groups (broad SMARTS) is 1. The van der Waals surface area contributed by atoms with Gasteiger partial charge in [-0.05, 0) is 32.9 Å². The van der Waals surface area contributed by atoms with Crippen molar-refractivity contribution < 1.29 is 14.7 Å². The molecular formula is C15H30N2O3. The van der Waals surface area contributed by atoms with Crippen molar-refractivity contribution in [2.45, 2.75) is 46.0 Å². The molecule has 0 radical (unpaired) electrons. The molecular weight excluding hydrogens is 256 g/mol. The fraction of sp³-hybridized carbons (Fsp3) is 0.867. The van der Waals surface area contributed by atoms with Gasteiger partial charge in [0.1, 0.15) is 0 Å². The van der Waals surface area contributed by atoms with Gasteiger partial charge < -0.3 is 14.9 Å². The number of carboxylic acids is 1. The Morgan fingerprint density at radius 2 is 1.85 bits per heavy atom. The Bertz CT molecular complexity index is 264. The molecule has 1 saturated heterocycles. The fourth-order valence-electron chi connectivity index (χ4n) is 2.08. The third kappa shape index (κ3) is 8.91. The van der Waals surface area contributed by atoms with Crippen LogP contribution in [0.3, 0.4) is 0 Å². The van der Waals surface area contributed by atoms with Crippen molar-refractivity contribution in [2.24, 2.45) is 5.92 Å². The first kappa shape index (κ1) is 18.9. The second-order valence-electron chi connectivity index (χ2n) is 5.43. The number of carbonyl (C=O) groups is 2. The van der Waals surface area contributed by atoms with Gasteiger partial charge in [-0.15, -0.1) is 0 Å². The molecule has 1 N–H and O–H groups in total. The van der Waals surface area contributed by atoms with Gasteiger partial charge >= 0.3 is 5.97 Å². The zero-order valence-electron chi connectivity index (χ0n) is 13.2. The van der Waals surface area contributed by atoms with E-state index in [2.05, 4.69) is 13.8 Å². The molecule has 1 unspecified atom stereocenters. The molecule has 0 aromatic carbocycles. The normalized spacial score (nSPS) is 18.2. The summed E-state index contributed by atoms with van der Waals surface area (Å²) in [5.74, 6) is -0.769. The Morgan fingerprint density at radius 1 is 1.30 bits per heavy atom. The lowest BCUT2D eigenvalue weighted by atomic mass is 10.1. The Balaban J connectivity index is 0.000000367. The second-order valence-corrected chi connectivity index (χ2v) is 5.43. The fourth-order valence-corrected chi connectivity index (χ4v) is 2.08. The van der Waals surface area contributed by atoms with Crippen molar-refractivity contribution >= 4 is 12.4 Å². The first-order valence-corrected chi connectivity index (χ1v) is 7.65. The molecule has 1 fully saturated rings. The Kier molecular flexibility index (Phi) is 11.1. The number of likely N-dealkylation sites (tertiary alicyclic amines) is 1. The zero-order chi connectivity index (χ0) is 15.4. The number of amides is 1. The minimum atomic E-state index is -0.653. The highest BCUT2D eigenvalue weighted by Crippen LogP contribution is 2.13. The highest BCUT2D eigenvalue weighted by Gasteiger charge is 2.24. The second kappa shape index (κ2) is 11.7. The topological polar surface area (TPSA) is 60.9 Å². The van der Waals surface area contributed by atoms with Crippen molar-refractivity contribution in [1.82, 2.24) is 9.80 Å². The highest BCUT2D eigenvalue weighted by atomic mass is 16.4. The smallest absolute Gasteiger partial charge is 0.307 e. The molecule has 1 heterocycles. The lowest BCUT2D eigenvalue weighted by Crippen LogP contribution is -2.24. The maximum Gasteiger partial charge on any atom is 0.307 e. The van der Waals surface area contributed by atoms with Gasteiger partial charge in [0.2, 0.25) is 6.41 Å². The molecule has 1 aliphatic rings. The molecule has 0 aromatic heterocycles. The van der Waals surface area contributed by atoms with Crippen LogP contribution >= 0.6 is 0 Å². The number of carbonyl (C=O) groups excluding carboxylic acids is 1. The van der Waals surface area contributed by atoms with Gasteiger partial charge in [0.25, 0.3) is 0 Å². The summed E-state index contributed by atoms with van der Waals surface area (Å²) in [4.78, 5) is 24.7. The van der Waals surface area contributed by atoms with Crippen molar-refractivity contribution in [3.8, 4) is 0 Å². The van der Waals surface area contributed by atoms with E-state index in [1.54, 1.807) is 0 Å². The summed E-state index contributed by atoms with van der Waals surface area (Å²) in [6.07, 6.45) is 6.36. The van der Waals surface area contributed by atoms with Crippen molar-refractivity contribution in [3.63, 3.8) is 0 Å². The van der Waals surface area contributed by atoms with Crippen LogP contribution in [0.4, 0.5) is 0 Å². The van der Waals surface area contributed by atoms with E-state index in [0.717, 1.165) is 64.7 Å². The zero-order valence-corrected chi connectivity index (χ0v) is 13.2. The molecule has 20 heavy (non-hydrogen) atoms. The molecule has 0 bridgehead atoms. The van der Waals surface area contributed by atoms with Crippen molar-refractivity contribution in [3.05, 3.63) is 0 Å². The number of aliphatic carboxylic acids is 1. The molecule has 0 spiro atoms. The van der Waals surface area contributed by atoms with Crippen LogP contribution in [0.2, 0.25) is 0 Å². The Hall–Kier alpha value is -1.10. The monoisotopic (exact) mass is 286 g/mol. The van der Waals surface area contributed by atoms with Crippen LogP contribution in [0, 0.1) is 5.92 Å². The predicted octanol–water partition coefficient (Wildman–Crippen LogP) is 2.07. The largest absolute Gasteiger partial charge is 0.481 e. The van der Waals surface area contributed by atoms with Crippen LogP contribution < -0.4 is 0 Å². The van der Waals surface area contributed by atoms with Crippen molar-refractivity contribution in [1.29, 1.82) is 0 Å². The number of rotatable bonds is 8. The van der Waals surface area contributed by atoms with Gasteiger partial charge in [-0.25, -0.2) is 0 Å². The average molecular weight is 286 g/mol. The first-order valence-electron chi connectivity index (χ1n) is 7.65. The van der Waals surface area contributed by atoms with Crippen LogP contribution in [0.25, 0.3) is 0 Å². The molecule has 5 heteroatoms.